The normalized spacial score (nSPS) is 10.5. The molecule has 0 saturated carbocycles. The van der Waals surface area contributed by atoms with Crippen molar-refractivity contribution in [2.45, 2.75) is 20.0 Å². The van der Waals surface area contributed by atoms with E-state index in [1.54, 1.807) is 42.5 Å². The van der Waals surface area contributed by atoms with Gasteiger partial charge in [-0.2, -0.15) is 0 Å². The maximum Gasteiger partial charge on any atom is 0.257 e. The highest BCUT2D eigenvalue weighted by Crippen LogP contribution is 2.21. The van der Waals surface area contributed by atoms with Gasteiger partial charge < -0.3 is 15.8 Å². The number of nitrogen functional groups attached to an aromatic ring is 1. The Kier molecular flexibility index (Phi) is 4.70. The van der Waals surface area contributed by atoms with Gasteiger partial charge in [0.05, 0.1) is 16.7 Å². The number of nitrogens with one attached hydrogen (secondary N) is 1. The number of anilines is 2. The molecule has 0 fully saturated rings. The molecule has 0 aliphatic carbocycles. The minimum absolute atomic E-state index is 0.108. The topological polar surface area (TPSA) is 64.3 Å². The van der Waals surface area contributed by atoms with Gasteiger partial charge in [-0.3, -0.25) is 4.79 Å². The second-order valence-corrected chi connectivity index (χ2v) is 5.29. The summed E-state index contributed by atoms with van der Waals surface area (Å²) in [6.07, 6.45) is 0.108. The number of ether oxygens (including phenoxy) is 1. The first kappa shape index (κ1) is 15.2. The number of hydrogen-bond acceptors (Lipinski definition) is 3. The predicted octanol–water partition coefficient (Wildman–Crippen LogP) is 3.96. The summed E-state index contributed by atoms with van der Waals surface area (Å²) in [6.45, 7) is 3.91. The Morgan fingerprint density at radius 1 is 1.19 bits per heavy atom. The molecule has 0 heterocycles. The Bertz CT molecular complexity index is 639. The first-order chi connectivity index (χ1) is 9.95. The van der Waals surface area contributed by atoms with E-state index in [2.05, 4.69) is 5.32 Å². The lowest BCUT2D eigenvalue weighted by atomic mass is 10.2. The fourth-order valence-corrected chi connectivity index (χ4v) is 2.01. The van der Waals surface area contributed by atoms with Gasteiger partial charge in [-0.15, -0.1) is 0 Å². The van der Waals surface area contributed by atoms with Crippen molar-refractivity contribution in [3.8, 4) is 5.75 Å². The smallest absolute Gasteiger partial charge is 0.257 e. The number of hydrogen-bond donors (Lipinski definition) is 2. The summed E-state index contributed by atoms with van der Waals surface area (Å²) in [5, 5.41) is 3.13. The molecular formula is C16H17ClN2O2. The summed E-state index contributed by atoms with van der Waals surface area (Å²) in [6, 6.07) is 12.0. The van der Waals surface area contributed by atoms with E-state index < -0.39 is 0 Å². The Labute approximate surface area is 128 Å². The molecule has 0 bridgehead atoms. The van der Waals surface area contributed by atoms with Crippen LogP contribution in [0.5, 0.6) is 5.75 Å². The monoisotopic (exact) mass is 304 g/mol. The molecule has 2 aromatic carbocycles. The standard InChI is InChI=1S/C16H17ClN2O2/c1-10(2)21-13-6-4-12(5-7-13)19-16(20)14-9-11(18)3-8-15(14)17/h3-10H,18H2,1-2H3,(H,19,20). The fraction of sp³-hybridized carbons (Fsp3) is 0.188. The van der Waals surface area contributed by atoms with Crippen molar-refractivity contribution in [2.75, 3.05) is 11.1 Å². The quantitative estimate of drug-likeness (QED) is 0.840. The zero-order valence-electron chi connectivity index (χ0n) is 11.9. The number of benzene rings is 2. The van der Waals surface area contributed by atoms with Crippen LogP contribution in [-0.2, 0) is 0 Å². The predicted molar refractivity (Wildman–Crippen MR) is 86.0 cm³/mol. The van der Waals surface area contributed by atoms with Gasteiger partial charge in [-0.1, -0.05) is 11.6 Å². The van der Waals surface area contributed by atoms with Crippen LogP contribution in [0.25, 0.3) is 0 Å². The average molecular weight is 305 g/mol. The molecule has 4 nitrogen and oxygen atoms in total. The van der Waals surface area contributed by atoms with Crippen LogP contribution < -0.4 is 15.8 Å². The third kappa shape index (κ3) is 4.13. The van der Waals surface area contributed by atoms with Crippen LogP contribution in [0.2, 0.25) is 5.02 Å². The molecule has 0 unspecified atom stereocenters. The van der Waals surface area contributed by atoms with Crippen LogP contribution in [0, 0.1) is 0 Å². The molecule has 0 atom stereocenters. The molecule has 0 aliphatic rings. The molecule has 5 heteroatoms. The van der Waals surface area contributed by atoms with Gasteiger partial charge in [0.25, 0.3) is 5.91 Å². The van der Waals surface area contributed by atoms with Crippen LogP contribution in [0.15, 0.2) is 42.5 Å². The lowest BCUT2D eigenvalue weighted by molar-refractivity contribution is 0.102. The lowest BCUT2D eigenvalue weighted by Crippen LogP contribution is -2.13. The van der Waals surface area contributed by atoms with E-state index >= 15 is 0 Å². The summed E-state index contributed by atoms with van der Waals surface area (Å²) >= 11 is 6.00. The SMILES string of the molecule is CC(C)Oc1ccc(NC(=O)c2cc(N)ccc2Cl)cc1. The lowest BCUT2D eigenvalue weighted by Gasteiger charge is -2.11. The summed E-state index contributed by atoms with van der Waals surface area (Å²) in [7, 11) is 0. The molecule has 0 aromatic heterocycles. The first-order valence-electron chi connectivity index (χ1n) is 6.59. The van der Waals surface area contributed by atoms with Gasteiger partial charge >= 0.3 is 0 Å². The van der Waals surface area contributed by atoms with E-state index in [1.165, 1.54) is 0 Å². The molecule has 3 N–H and O–H groups in total. The largest absolute Gasteiger partial charge is 0.491 e. The van der Waals surface area contributed by atoms with E-state index in [1.807, 2.05) is 13.8 Å². The van der Waals surface area contributed by atoms with E-state index in [-0.39, 0.29) is 12.0 Å². The van der Waals surface area contributed by atoms with Crippen molar-refractivity contribution in [1.29, 1.82) is 0 Å². The number of carbonyl (C=O) groups is 1. The van der Waals surface area contributed by atoms with Gasteiger partial charge in [0.15, 0.2) is 0 Å². The number of rotatable bonds is 4. The van der Waals surface area contributed by atoms with E-state index in [0.29, 0.717) is 22.0 Å². The van der Waals surface area contributed by atoms with Crippen molar-refractivity contribution in [3.63, 3.8) is 0 Å². The highest BCUT2D eigenvalue weighted by molar-refractivity contribution is 6.34. The van der Waals surface area contributed by atoms with Crippen molar-refractivity contribution in [2.24, 2.45) is 0 Å². The number of amides is 1. The Morgan fingerprint density at radius 3 is 2.48 bits per heavy atom. The van der Waals surface area contributed by atoms with Gasteiger partial charge in [-0.25, -0.2) is 0 Å². The van der Waals surface area contributed by atoms with Crippen LogP contribution in [0.1, 0.15) is 24.2 Å². The molecule has 2 aromatic rings. The van der Waals surface area contributed by atoms with Crippen LogP contribution in [0.3, 0.4) is 0 Å². The third-order valence-corrected chi connectivity index (χ3v) is 3.05. The number of carbonyl (C=O) groups excluding carboxylic acids is 1. The van der Waals surface area contributed by atoms with Crippen LogP contribution in [-0.4, -0.2) is 12.0 Å². The van der Waals surface area contributed by atoms with Crippen molar-refractivity contribution in [1.82, 2.24) is 0 Å². The molecule has 1 amide bonds. The summed E-state index contributed by atoms with van der Waals surface area (Å²) in [4.78, 5) is 12.2. The Hall–Kier alpha value is -2.20. The maximum atomic E-state index is 12.2. The van der Waals surface area contributed by atoms with Crippen molar-refractivity contribution in [3.05, 3.63) is 53.1 Å². The second-order valence-electron chi connectivity index (χ2n) is 4.88. The van der Waals surface area contributed by atoms with E-state index in [4.69, 9.17) is 22.1 Å². The van der Waals surface area contributed by atoms with E-state index in [0.717, 1.165) is 5.75 Å². The van der Waals surface area contributed by atoms with Gasteiger partial charge in [0.2, 0.25) is 0 Å². The summed E-state index contributed by atoms with van der Waals surface area (Å²) in [5.41, 5.74) is 7.17. The molecule has 21 heavy (non-hydrogen) atoms. The minimum Gasteiger partial charge on any atom is -0.491 e. The number of nitrogens with two attached hydrogens (primary N) is 1. The van der Waals surface area contributed by atoms with Crippen molar-refractivity contribution >= 4 is 28.9 Å². The zero-order valence-corrected chi connectivity index (χ0v) is 12.6. The van der Waals surface area contributed by atoms with Gasteiger partial charge in [-0.05, 0) is 56.3 Å². The van der Waals surface area contributed by atoms with Crippen molar-refractivity contribution < 1.29 is 9.53 Å². The highest BCUT2D eigenvalue weighted by atomic mass is 35.5. The minimum atomic E-state index is -0.301. The Morgan fingerprint density at radius 2 is 1.86 bits per heavy atom. The van der Waals surface area contributed by atoms with Crippen LogP contribution >= 0.6 is 11.6 Å². The fourth-order valence-electron chi connectivity index (χ4n) is 1.80. The highest BCUT2D eigenvalue weighted by Gasteiger charge is 2.11. The second kappa shape index (κ2) is 6.50. The summed E-state index contributed by atoms with van der Waals surface area (Å²) < 4.78 is 5.54. The molecule has 0 saturated heterocycles. The van der Waals surface area contributed by atoms with E-state index in [9.17, 15) is 4.79 Å². The molecule has 0 radical (unpaired) electrons. The van der Waals surface area contributed by atoms with Gasteiger partial charge in [0.1, 0.15) is 5.75 Å². The maximum absolute atomic E-state index is 12.2. The molecule has 2 rings (SSSR count). The Balaban J connectivity index is 2.10. The molecular weight excluding hydrogens is 288 g/mol. The zero-order chi connectivity index (χ0) is 15.4. The molecule has 110 valence electrons. The number of halogens is 1. The van der Waals surface area contributed by atoms with Crippen LogP contribution in [0.4, 0.5) is 11.4 Å². The van der Waals surface area contributed by atoms with Gasteiger partial charge in [0, 0.05) is 11.4 Å². The third-order valence-electron chi connectivity index (χ3n) is 2.72. The summed E-state index contributed by atoms with van der Waals surface area (Å²) in [5.74, 6) is 0.454. The first-order valence-corrected chi connectivity index (χ1v) is 6.96. The molecule has 0 spiro atoms. The average Bonchev–Trinajstić information content (AvgIpc) is 2.43. The molecule has 0 aliphatic heterocycles.